The number of unbranched alkanes of at least 4 members (excludes halogenated alkanes) is 2. The zero-order chi connectivity index (χ0) is 21.6. The van der Waals surface area contributed by atoms with Crippen LogP contribution in [-0.4, -0.2) is 39.6 Å². The van der Waals surface area contributed by atoms with E-state index in [0.29, 0.717) is 12.2 Å². The van der Waals surface area contributed by atoms with Crippen molar-refractivity contribution in [3.05, 3.63) is 84.1 Å². The molecule has 5 nitrogen and oxygen atoms in total. The summed E-state index contributed by atoms with van der Waals surface area (Å²) in [5, 5.41) is 9.22. The number of halogens is 1. The lowest BCUT2D eigenvalue weighted by Crippen LogP contribution is -2.28. The summed E-state index contributed by atoms with van der Waals surface area (Å²) in [5.74, 6) is -0.315. The Morgan fingerprint density at radius 2 is 1.90 bits per heavy atom. The van der Waals surface area contributed by atoms with Gasteiger partial charge in [0.05, 0.1) is 5.69 Å². The highest BCUT2D eigenvalue weighted by Crippen LogP contribution is 2.20. The largest absolute Gasteiger partial charge is 0.340 e. The van der Waals surface area contributed by atoms with Gasteiger partial charge in [0.1, 0.15) is 11.5 Å². The maximum absolute atomic E-state index is 13.4. The molecule has 0 saturated carbocycles. The van der Waals surface area contributed by atoms with Crippen molar-refractivity contribution in [3.63, 3.8) is 0 Å². The first-order chi connectivity index (χ1) is 15.1. The molecule has 0 bridgehead atoms. The molecule has 31 heavy (non-hydrogen) atoms. The third-order valence-corrected chi connectivity index (χ3v) is 5.41. The smallest absolute Gasteiger partial charge is 0.272 e. The van der Waals surface area contributed by atoms with Gasteiger partial charge in [-0.2, -0.15) is 5.10 Å². The highest BCUT2D eigenvalue weighted by Gasteiger charge is 2.15. The van der Waals surface area contributed by atoms with E-state index >= 15 is 0 Å². The van der Waals surface area contributed by atoms with E-state index in [4.69, 9.17) is 0 Å². The van der Waals surface area contributed by atoms with Crippen LogP contribution in [0.15, 0.2) is 66.9 Å². The molecule has 0 saturated heterocycles. The Labute approximate surface area is 180 Å². The Hall–Kier alpha value is -3.54. The summed E-state index contributed by atoms with van der Waals surface area (Å²) < 4.78 is 13.4. The van der Waals surface area contributed by atoms with E-state index in [2.05, 4.69) is 15.2 Å². The first-order valence-electron chi connectivity index (χ1n) is 10.5. The molecule has 0 unspecified atom stereocenters. The van der Waals surface area contributed by atoms with Gasteiger partial charge in [-0.1, -0.05) is 42.8 Å². The van der Waals surface area contributed by atoms with Crippen molar-refractivity contribution >= 4 is 16.7 Å². The fraction of sp³-hybridized carbons (Fsp3) is 0.240. The van der Waals surface area contributed by atoms with Crippen LogP contribution in [0, 0.1) is 5.82 Å². The van der Waals surface area contributed by atoms with Crippen LogP contribution in [0.4, 0.5) is 4.39 Å². The van der Waals surface area contributed by atoms with Crippen LogP contribution in [0.3, 0.4) is 0 Å². The van der Waals surface area contributed by atoms with Gasteiger partial charge < -0.3 is 4.90 Å². The molecule has 4 aromatic rings. The molecule has 0 aliphatic carbocycles. The van der Waals surface area contributed by atoms with Crippen molar-refractivity contribution in [3.8, 4) is 11.3 Å². The summed E-state index contributed by atoms with van der Waals surface area (Å²) in [4.78, 5) is 18.9. The summed E-state index contributed by atoms with van der Waals surface area (Å²) >= 11 is 0. The molecule has 0 fully saturated rings. The minimum Gasteiger partial charge on any atom is -0.340 e. The zero-order valence-electron chi connectivity index (χ0n) is 17.5. The standard InChI is InChI=1S/C25H25FN4O/c1-30(25(31)24-22-12-5-4-8-18(22)13-14-27-24)15-6-2-3-11-21-17-23(29-28-21)19-9-7-10-20(26)16-19/h4-5,7-10,12-14,16-17H,2-3,6,11,15H2,1H3,(H,28,29). The second-order valence-corrected chi connectivity index (χ2v) is 7.71. The van der Waals surface area contributed by atoms with E-state index in [1.807, 2.05) is 49.5 Å². The van der Waals surface area contributed by atoms with Crippen molar-refractivity contribution in [1.82, 2.24) is 20.1 Å². The van der Waals surface area contributed by atoms with E-state index in [1.165, 1.54) is 12.1 Å². The van der Waals surface area contributed by atoms with Crippen LogP contribution in [0.1, 0.15) is 35.4 Å². The maximum atomic E-state index is 13.4. The predicted molar refractivity (Wildman–Crippen MR) is 120 cm³/mol. The Morgan fingerprint density at radius 1 is 1.03 bits per heavy atom. The van der Waals surface area contributed by atoms with Crippen LogP contribution in [0.5, 0.6) is 0 Å². The molecule has 4 rings (SSSR count). The number of aromatic nitrogens is 3. The van der Waals surface area contributed by atoms with Crippen LogP contribution < -0.4 is 0 Å². The normalized spacial score (nSPS) is 11.0. The van der Waals surface area contributed by atoms with E-state index in [9.17, 15) is 9.18 Å². The molecule has 0 radical (unpaired) electrons. The lowest BCUT2D eigenvalue weighted by Gasteiger charge is -2.17. The fourth-order valence-electron chi connectivity index (χ4n) is 3.70. The molecule has 1 N–H and O–H groups in total. The van der Waals surface area contributed by atoms with Gasteiger partial charge in [0.25, 0.3) is 5.91 Å². The highest BCUT2D eigenvalue weighted by molar-refractivity contribution is 6.04. The molecular formula is C25H25FN4O. The topological polar surface area (TPSA) is 61.9 Å². The molecule has 158 valence electrons. The summed E-state index contributed by atoms with van der Waals surface area (Å²) in [6.45, 7) is 0.682. The molecule has 2 heterocycles. The van der Waals surface area contributed by atoms with Gasteiger partial charge in [-0.15, -0.1) is 0 Å². The molecule has 6 heteroatoms. The first kappa shape index (κ1) is 20.7. The minimum atomic E-state index is -0.264. The van der Waals surface area contributed by atoms with Crippen LogP contribution >= 0.6 is 0 Å². The third kappa shape index (κ3) is 4.97. The van der Waals surface area contributed by atoms with Gasteiger partial charge in [0, 0.05) is 36.4 Å². The Kier molecular flexibility index (Phi) is 6.36. The van der Waals surface area contributed by atoms with Gasteiger partial charge in [-0.05, 0) is 48.9 Å². The number of benzene rings is 2. The number of amides is 1. The lowest BCUT2D eigenvalue weighted by molar-refractivity contribution is 0.0789. The van der Waals surface area contributed by atoms with Crippen LogP contribution in [0.2, 0.25) is 0 Å². The monoisotopic (exact) mass is 416 g/mol. The van der Waals surface area contributed by atoms with Crippen LogP contribution in [-0.2, 0) is 6.42 Å². The maximum Gasteiger partial charge on any atom is 0.272 e. The summed E-state index contributed by atoms with van der Waals surface area (Å²) in [6, 6.07) is 18.1. The van der Waals surface area contributed by atoms with E-state index in [1.54, 1.807) is 17.2 Å². The van der Waals surface area contributed by atoms with Crippen molar-refractivity contribution in [2.24, 2.45) is 0 Å². The van der Waals surface area contributed by atoms with Crippen molar-refractivity contribution in [2.75, 3.05) is 13.6 Å². The van der Waals surface area contributed by atoms with Crippen molar-refractivity contribution in [2.45, 2.75) is 25.7 Å². The second-order valence-electron chi connectivity index (χ2n) is 7.71. The van der Waals surface area contributed by atoms with Crippen LogP contribution in [0.25, 0.3) is 22.0 Å². The van der Waals surface area contributed by atoms with Crippen molar-refractivity contribution in [1.29, 1.82) is 0 Å². The summed E-state index contributed by atoms with van der Waals surface area (Å²) in [7, 11) is 1.83. The summed E-state index contributed by atoms with van der Waals surface area (Å²) in [5.41, 5.74) is 3.05. The number of nitrogens with zero attached hydrogens (tertiary/aromatic N) is 3. The Balaban J connectivity index is 1.25. The molecular weight excluding hydrogens is 391 g/mol. The minimum absolute atomic E-state index is 0.0508. The number of aromatic amines is 1. The second kappa shape index (κ2) is 9.51. The number of hydrogen-bond donors (Lipinski definition) is 1. The SMILES string of the molecule is CN(CCCCCc1cc(-c2cccc(F)c2)n[nH]1)C(=O)c1nccc2ccccc12. The average molecular weight is 417 g/mol. The van der Waals surface area contributed by atoms with Gasteiger partial charge in [0.2, 0.25) is 0 Å². The lowest BCUT2D eigenvalue weighted by atomic mass is 10.1. The number of nitrogens with one attached hydrogen (secondary N) is 1. The molecule has 2 aromatic heterocycles. The molecule has 0 aliphatic rings. The number of aryl methyl sites for hydroxylation is 1. The number of H-pyrrole nitrogens is 1. The number of fused-ring (bicyclic) bond motifs is 1. The number of carbonyl (C=O) groups excluding carboxylic acids is 1. The molecule has 0 spiro atoms. The average Bonchev–Trinajstić information content (AvgIpc) is 3.27. The van der Waals surface area contributed by atoms with E-state index in [0.717, 1.165) is 53.4 Å². The van der Waals surface area contributed by atoms with Gasteiger partial charge in [-0.3, -0.25) is 14.9 Å². The van der Waals surface area contributed by atoms with E-state index in [-0.39, 0.29) is 11.7 Å². The van der Waals surface area contributed by atoms with Gasteiger partial charge in [-0.25, -0.2) is 4.39 Å². The van der Waals surface area contributed by atoms with E-state index < -0.39 is 0 Å². The molecule has 1 amide bonds. The quantitative estimate of drug-likeness (QED) is 0.399. The molecule has 0 aliphatic heterocycles. The number of carbonyl (C=O) groups is 1. The molecule has 2 aromatic carbocycles. The number of hydrogen-bond acceptors (Lipinski definition) is 3. The Morgan fingerprint density at radius 3 is 2.77 bits per heavy atom. The first-order valence-corrected chi connectivity index (χ1v) is 10.5. The fourth-order valence-corrected chi connectivity index (χ4v) is 3.70. The third-order valence-electron chi connectivity index (χ3n) is 5.41. The summed E-state index contributed by atoms with van der Waals surface area (Å²) in [6.07, 6.45) is 5.45. The van der Waals surface area contributed by atoms with Gasteiger partial charge in [0.15, 0.2) is 0 Å². The van der Waals surface area contributed by atoms with Crippen molar-refractivity contribution < 1.29 is 9.18 Å². The number of rotatable bonds is 8. The highest BCUT2D eigenvalue weighted by atomic mass is 19.1. The zero-order valence-corrected chi connectivity index (χ0v) is 17.5. The Bertz CT molecular complexity index is 1180. The predicted octanol–water partition coefficient (Wildman–Crippen LogP) is 5.25. The molecule has 0 atom stereocenters. The van der Waals surface area contributed by atoms with Gasteiger partial charge >= 0.3 is 0 Å². The number of pyridine rings is 1.